The Labute approximate surface area is 162 Å². The van der Waals surface area contributed by atoms with E-state index in [0.717, 1.165) is 38.5 Å². The highest BCUT2D eigenvalue weighted by Crippen LogP contribution is 2.13. The summed E-state index contributed by atoms with van der Waals surface area (Å²) in [6.45, 7) is 4.51. The van der Waals surface area contributed by atoms with Gasteiger partial charge in [-0.2, -0.15) is 0 Å². The summed E-state index contributed by atoms with van der Waals surface area (Å²) < 4.78 is 4.93. The summed E-state index contributed by atoms with van der Waals surface area (Å²) in [5, 5.41) is 9.71. The van der Waals surface area contributed by atoms with Gasteiger partial charge in [0.25, 0.3) is 0 Å². The molecular weight excluding hydrogens is 324 g/mol. The average molecular weight is 369 g/mol. The molecule has 0 aromatic carbocycles. The first-order valence-electron chi connectivity index (χ1n) is 11.2. The van der Waals surface area contributed by atoms with E-state index in [4.69, 9.17) is 4.74 Å². The fourth-order valence-electron chi connectivity index (χ4n) is 3.12. The zero-order chi connectivity index (χ0) is 19.3. The van der Waals surface area contributed by atoms with Gasteiger partial charge in [-0.1, -0.05) is 89.7 Å². The molecule has 0 saturated carbocycles. The first kappa shape index (κ1) is 25.2. The van der Waals surface area contributed by atoms with Crippen molar-refractivity contribution in [2.75, 3.05) is 6.61 Å². The summed E-state index contributed by atoms with van der Waals surface area (Å²) >= 11 is 0. The monoisotopic (exact) mass is 368 g/mol. The maximum Gasteiger partial charge on any atom is 0.305 e. The molecular formula is C23H44O3. The van der Waals surface area contributed by atoms with Gasteiger partial charge in [-0.05, 0) is 32.6 Å². The van der Waals surface area contributed by atoms with E-state index in [-0.39, 0.29) is 12.1 Å². The topological polar surface area (TPSA) is 46.5 Å². The molecule has 0 heterocycles. The van der Waals surface area contributed by atoms with E-state index in [0.29, 0.717) is 13.0 Å². The second-order valence-corrected chi connectivity index (χ2v) is 7.37. The molecule has 3 heteroatoms. The van der Waals surface area contributed by atoms with E-state index in [2.05, 4.69) is 13.0 Å². The van der Waals surface area contributed by atoms with E-state index in [1.807, 2.05) is 13.0 Å². The minimum atomic E-state index is -0.236. The highest BCUT2D eigenvalue weighted by molar-refractivity contribution is 5.69. The Balaban J connectivity index is 3.18. The molecule has 3 nitrogen and oxygen atoms in total. The SMILES string of the molecule is CCCC[C@@H](O)C=CCCCCCCCCCCCCCC(=O)OCC. The lowest BCUT2D eigenvalue weighted by Gasteiger charge is -2.04. The van der Waals surface area contributed by atoms with Gasteiger partial charge in [-0.3, -0.25) is 4.79 Å². The highest BCUT2D eigenvalue weighted by Gasteiger charge is 2.00. The van der Waals surface area contributed by atoms with E-state index in [1.165, 1.54) is 57.8 Å². The first-order valence-corrected chi connectivity index (χ1v) is 11.2. The number of hydrogen-bond donors (Lipinski definition) is 1. The Morgan fingerprint density at radius 3 is 1.92 bits per heavy atom. The number of carbonyl (C=O) groups is 1. The molecule has 0 unspecified atom stereocenters. The number of ether oxygens (including phenoxy) is 1. The van der Waals surface area contributed by atoms with Crippen LogP contribution in [-0.4, -0.2) is 23.8 Å². The second-order valence-electron chi connectivity index (χ2n) is 7.37. The third kappa shape index (κ3) is 19.5. The van der Waals surface area contributed by atoms with Gasteiger partial charge in [0.15, 0.2) is 0 Å². The van der Waals surface area contributed by atoms with Crippen molar-refractivity contribution in [1.29, 1.82) is 0 Å². The van der Waals surface area contributed by atoms with Gasteiger partial charge in [0.2, 0.25) is 0 Å². The van der Waals surface area contributed by atoms with Crippen LogP contribution in [0.1, 0.15) is 117 Å². The number of unbranched alkanes of at least 4 members (excludes halogenated alkanes) is 12. The normalized spacial score (nSPS) is 12.6. The zero-order valence-corrected chi connectivity index (χ0v) is 17.5. The zero-order valence-electron chi connectivity index (χ0n) is 17.5. The Morgan fingerprint density at radius 2 is 1.38 bits per heavy atom. The van der Waals surface area contributed by atoms with Crippen LogP contribution in [0.25, 0.3) is 0 Å². The Bertz CT molecular complexity index is 325. The molecule has 154 valence electrons. The van der Waals surface area contributed by atoms with E-state index < -0.39 is 0 Å². The molecule has 0 fully saturated rings. The van der Waals surface area contributed by atoms with Crippen LogP contribution in [0.4, 0.5) is 0 Å². The van der Waals surface area contributed by atoms with Crippen molar-refractivity contribution in [2.24, 2.45) is 0 Å². The Kier molecular flexibility index (Phi) is 19.8. The molecule has 1 atom stereocenters. The van der Waals surface area contributed by atoms with E-state index in [9.17, 15) is 9.90 Å². The van der Waals surface area contributed by atoms with Crippen molar-refractivity contribution in [3.8, 4) is 0 Å². The molecule has 0 aromatic rings. The number of aliphatic hydroxyl groups excluding tert-OH is 1. The predicted octanol–water partition coefficient (Wildman–Crippen LogP) is 6.73. The van der Waals surface area contributed by atoms with Crippen molar-refractivity contribution in [2.45, 2.75) is 123 Å². The number of carbonyl (C=O) groups excluding carboxylic acids is 1. The van der Waals surface area contributed by atoms with Crippen LogP contribution in [-0.2, 0) is 9.53 Å². The van der Waals surface area contributed by atoms with Gasteiger partial charge < -0.3 is 9.84 Å². The predicted molar refractivity (Wildman–Crippen MR) is 111 cm³/mol. The number of esters is 1. The van der Waals surface area contributed by atoms with Crippen LogP contribution in [0.2, 0.25) is 0 Å². The molecule has 0 saturated heterocycles. The average Bonchev–Trinajstić information content (AvgIpc) is 2.63. The van der Waals surface area contributed by atoms with Gasteiger partial charge >= 0.3 is 5.97 Å². The number of rotatable bonds is 19. The van der Waals surface area contributed by atoms with Crippen LogP contribution in [0, 0.1) is 0 Å². The molecule has 26 heavy (non-hydrogen) atoms. The van der Waals surface area contributed by atoms with Crippen molar-refractivity contribution < 1.29 is 14.6 Å². The summed E-state index contributed by atoms with van der Waals surface area (Å²) in [6.07, 6.45) is 22.7. The quantitative estimate of drug-likeness (QED) is 0.156. The Hall–Kier alpha value is -0.830. The van der Waals surface area contributed by atoms with Crippen LogP contribution < -0.4 is 0 Å². The van der Waals surface area contributed by atoms with Gasteiger partial charge in [0.1, 0.15) is 0 Å². The van der Waals surface area contributed by atoms with Crippen LogP contribution in [0.15, 0.2) is 12.2 Å². The lowest BCUT2D eigenvalue weighted by Crippen LogP contribution is -2.03. The molecule has 0 radical (unpaired) electrons. The van der Waals surface area contributed by atoms with Crippen molar-refractivity contribution >= 4 is 5.97 Å². The van der Waals surface area contributed by atoms with Crippen molar-refractivity contribution in [3.63, 3.8) is 0 Å². The van der Waals surface area contributed by atoms with Crippen LogP contribution >= 0.6 is 0 Å². The molecule has 0 bridgehead atoms. The van der Waals surface area contributed by atoms with Crippen LogP contribution in [0.3, 0.4) is 0 Å². The Morgan fingerprint density at radius 1 is 0.846 bits per heavy atom. The summed E-state index contributed by atoms with van der Waals surface area (Å²) in [4.78, 5) is 11.2. The minimum Gasteiger partial charge on any atom is -0.466 e. The molecule has 0 spiro atoms. The first-order chi connectivity index (χ1) is 12.7. The number of hydrogen-bond acceptors (Lipinski definition) is 3. The standard InChI is InChI=1S/C23H44O3/c1-3-5-19-22(24)20-17-15-13-11-9-7-6-8-10-12-14-16-18-21-23(25)26-4-2/h17,20,22,24H,3-16,18-19,21H2,1-2H3/t22-/m1/s1. The summed E-state index contributed by atoms with van der Waals surface area (Å²) in [5.41, 5.74) is 0. The fraction of sp³-hybridized carbons (Fsp3) is 0.870. The highest BCUT2D eigenvalue weighted by atomic mass is 16.5. The van der Waals surface area contributed by atoms with Crippen molar-refractivity contribution in [3.05, 3.63) is 12.2 Å². The van der Waals surface area contributed by atoms with Crippen molar-refractivity contribution in [1.82, 2.24) is 0 Å². The lowest BCUT2D eigenvalue weighted by atomic mass is 10.0. The fourth-order valence-corrected chi connectivity index (χ4v) is 3.12. The van der Waals surface area contributed by atoms with Gasteiger partial charge in [0.05, 0.1) is 12.7 Å². The molecule has 0 aromatic heterocycles. The maximum atomic E-state index is 11.2. The van der Waals surface area contributed by atoms with Gasteiger partial charge in [-0.15, -0.1) is 0 Å². The lowest BCUT2D eigenvalue weighted by molar-refractivity contribution is -0.143. The third-order valence-corrected chi connectivity index (χ3v) is 4.77. The summed E-state index contributed by atoms with van der Waals surface area (Å²) in [7, 11) is 0. The second kappa shape index (κ2) is 20.5. The minimum absolute atomic E-state index is 0.0457. The largest absolute Gasteiger partial charge is 0.466 e. The molecule has 0 aliphatic carbocycles. The van der Waals surface area contributed by atoms with Crippen LogP contribution in [0.5, 0.6) is 0 Å². The third-order valence-electron chi connectivity index (χ3n) is 4.77. The molecule has 0 aliphatic heterocycles. The molecule has 1 N–H and O–H groups in total. The molecule has 0 amide bonds. The smallest absolute Gasteiger partial charge is 0.305 e. The van der Waals surface area contributed by atoms with Gasteiger partial charge in [-0.25, -0.2) is 0 Å². The molecule has 0 rings (SSSR count). The maximum absolute atomic E-state index is 11.2. The van der Waals surface area contributed by atoms with E-state index in [1.54, 1.807) is 0 Å². The molecule has 0 aliphatic rings. The number of aliphatic hydroxyl groups is 1. The number of allylic oxidation sites excluding steroid dienone is 1. The van der Waals surface area contributed by atoms with Gasteiger partial charge in [0, 0.05) is 6.42 Å². The van der Waals surface area contributed by atoms with E-state index >= 15 is 0 Å². The summed E-state index contributed by atoms with van der Waals surface area (Å²) in [6, 6.07) is 0. The summed E-state index contributed by atoms with van der Waals surface area (Å²) in [5.74, 6) is -0.0457.